The van der Waals surface area contributed by atoms with Crippen LogP contribution in [0.5, 0.6) is 5.75 Å². The van der Waals surface area contributed by atoms with Gasteiger partial charge in [0.15, 0.2) is 0 Å². The number of phenols is 1. The lowest BCUT2D eigenvalue weighted by molar-refractivity contribution is -0.143. The number of hydrogen-bond acceptors (Lipinski definition) is 6. The van der Waals surface area contributed by atoms with E-state index in [1.807, 2.05) is 37.3 Å². The molecule has 0 bridgehead atoms. The number of rotatable bonds is 8. The highest BCUT2D eigenvalue weighted by molar-refractivity contribution is 6.06. The smallest absolute Gasteiger partial charge is 0.234 e. The van der Waals surface area contributed by atoms with Crippen LogP contribution in [-0.4, -0.2) is 55.8 Å². The second kappa shape index (κ2) is 11.8. The van der Waals surface area contributed by atoms with Gasteiger partial charge in [0.05, 0.1) is 30.2 Å². The van der Waals surface area contributed by atoms with Crippen molar-refractivity contribution in [1.29, 1.82) is 0 Å². The van der Waals surface area contributed by atoms with Crippen LogP contribution in [0.25, 0.3) is 11.6 Å². The van der Waals surface area contributed by atoms with E-state index in [9.17, 15) is 24.9 Å². The van der Waals surface area contributed by atoms with Gasteiger partial charge in [0.1, 0.15) is 5.75 Å². The maximum absolute atomic E-state index is 13.6. The predicted octanol–water partition coefficient (Wildman–Crippen LogP) is 4.73. The standard InChI is InChI=1S/C32H38N2O5/c1-20-16-25-30(32(39)34(31(25)38)23-9-3-2-4-10-23)26(19-35)29(20)28(37)14-13-22(27-12-5-6-15-33-27)17-21-8-7-11-24(36)18-21/h5-8,11-12,15,17-18,23,25-26,28,30,35-37H,2-4,9-10,13-14,16,19H2,1H3/b22-17-/t25-,26+,28-,30-/m1/s1. The number of nitrogens with zero attached hydrogens (tertiary/aromatic N) is 2. The summed E-state index contributed by atoms with van der Waals surface area (Å²) in [7, 11) is 0. The Morgan fingerprint density at radius 1 is 1.10 bits per heavy atom. The average molecular weight is 531 g/mol. The minimum Gasteiger partial charge on any atom is -0.508 e. The Kier molecular flexibility index (Phi) is 8.29. The van der Waals surface area contributed by atoms with Gasteiger partial charge in [-0.3, -0.25) is 19.5 Å². The summed E-state index contributed by atoms with van der Waals surface area (Å²) in [6.45, 7) is 1.63. The van der Waals surface area contributed by atoms with Crippen molar-refractivity contribution in [2.45, 2.75) is 70.4 Å². The molecule has 1 aliphatic heterocycles. The van der Waals surface area contributed by atoms with Crippen LogP contribution in [0, 0.1) is 17.8 Å². The number of hydrogen-bond donors (Lipinski definition) is 3. The first-order valence-corrected chi connectivity index (χ1v) is 14.2. The van der Waals surface area contributed by atoms with Gasteiger partial charge < -0.3 is 15.3 Å². The number of aliphatic hydroxyl groups is 2. The molecule has 3 aliphatic rings. The molecule has 4 atom stereocenters. The molecule has 2 aromatic rings. The van der Waals surface area contributed by atoms with Gasteiger partial charge in [-0.05, 0) is 86.1 Å². The Morgan fingerprint density at radius 3 is 2.59 bits per heavy atom. The topological polar surface area (TPSA) is 111 Å². The highest BCUT2D eigenvalue weighted by Gasteiger charge is 2.55. The molecule has 7 heteroatoms. The number of imide groups is 1. The quantitative estimate of drug-likeness (QED) is 0.336. The number of aromatic nitrogens is 1. The summed E-state index contributed by atoms with van der Waals surface area (Å²) in [6, 6.07) is 12.6. The Labute approximate surface area is 229 Å². The summed E-state index contributed by atoms with van der Waals surface area (Å²) >= 11 is 0. The zero-order valence-electron chi connectivity index (χ0n) is 22.5. The summed E-state index contributed by atoms with van der Waals surface area (Å²) in [5.41, 5.74) is 4.10. The highest BCUT2D eigenvalue weighted by atomic mass is 16.3. The van der Waals surface area contributed by atoms with Gasteiger partial charge in [-0.25, -0.2) is 0 Å². The molecule has 1 saturated carbocycles. The van der Waals surface area contributed by atoms with Gasteiger partial charge in [0.2, 0.25) is 11.8 Å². The van der Waals surface area contributed by atoms with Crippen molar-refractivity contribution in [3.63, 3.8) is 0 Å². The summed E-state index contributed by atoms with van der Waals surface area (Å²) in [6.07, 6.45) is 9.00. The van der Waals surface area contributed by atoms with Crippen molar-refractivity contribution in [3.05, 3.63) is 71.1 Å². The van der Waals surface area contributed by atoms with Crippen LogP contribution in [0.2, 0.25) is 0 Å². The first-order valence-electron chi connectivity index (χ1n) is 14.2. The molecule has 5 rings (SSSR count). The van der Waals surface area contributed by atoms with E-state index >= 15 is 0 Å². The molecular formula is C32H38N2O5. The first kappa shape index (κ1) is 27.3. The van der Waals surface area contributed by atoms with E-state index in [0.29, 0.717) is 24.8 Å². The first-order chi connectivity index (χ1) is 18.9. The van der Waals surface area contributed by atoms with E-state index in [4.69, 9.17) is 0 Å². The van der Waals surface area contributed by atoms with Crippen molar-refractivity contribution in [1.82, 2.24) is 9.88 Å². The molecule has 2 amide bonds. The second-order valence-corrected chi connectivity index (χ2v) is 11.2. The highest BCUT2D eigenvalue weighted by Crippen LogP contribution is 2.47. The number of carbonyl (C=O) groups excluding carboxylic acids is 2. The van der Waals surface area contributed by atoms with E-state index in [2.05, 4.69) is 4.98 Å². The fourth-order valence-electron chi connectivity index (χ4n) is 6.93. The fraction of sp³-hybridized carbons (Fsp3) is 0.469. The third-order valence-electron chi connectivity index (χ3n) is 8.75. The minimum absolute atomic E-state index is 0.0409. The zero-order valence-corrected chi connectivity index (χ0v) is 22.5. The Balaban J connectivity index is 1.37. The number of benzene rings is 1. The van der Waals surface area contributed by atoms with Crippen LogP contribution < -0.4 is 0 Å². The number of likely N-dealkylation sites (tertiary alicyclic amines) is 1. The van der Waals surface area contributed by atoms with E-state index in [0.717, 1.165) is 54.5 Å². The molecule has 2 aliphatic carbocycles. The third-order valence-corrected chi connectivity index (χ3v) is 8.75. The Morgan fingerprint density at radius 2 is 1.90 bits per heavy atom. The summed E-state index contributed by atoms with van der Waals surface area (Å²) in [5.74, 6) is -1.75. The number of allylic oxidation sites excluding steroid dienone is 2. The molecule has 2 heterocycles. The maximum atomic E-state index is 13.6. The summed E-state index contributed by atoms with van der Waals surface area (Å²) in [5, 5.41) is 31.9. The molecule has 206 valence electrons. The number of amides is 2. The summed E-state index contributed by atoms with van der Waals surface area (Å²) < 4.78 is 0. The van der Waals surface area contributed by atoms with Gasteiger partial charge in [-0.15, -0.1) is 0 Å². The minimum atomic E-state index is -0.869. The molecule has 1 aromatic carbocycles. The number of carbonyl (C=O) groups is 2. The monoisotopic (exact) mass is 530 g/mol. The molecule has 2 fully saturated rings. The Bertz CT molecular complexity index is 1260. The third kappa shape index (κ3) is 5.56. The normalized spacial score (nSPS) is 25.3. The van der Waals surface area contributed by atoms with Crippen LogP contribution in [0.3, 0.4) is 0 Å². The number of phenolic OH excluding ortho intramolecular Hbond substituents is 1. The zero-order chi connectivity index (χ0) is 27.5. The molecular weight excluding hydrogens is 492 g/mol. The molecule has 0 radical (unpaired) electrons. The molecule has 3 N–H and O–H groups in total. The van der Waals surface area contributed by atoms with E-state index in [-0.39, 0.29) is 30.2 Å². The van der Waals surface area contributed by atoms with Gasteiger partial charge in [0, 0.05) is 18.2 Å². The Hall–Kier alpha value is -3.29. The van der Waals surface area contributed by atoms with E-state index < -0.39 is 23.9 Å². The van der Waals surface area contributed by atoms with Gasteiger partial charge in [-0.1, -0.05) is 43.0 Å². The SMILES string of the molecule is CC1=C([C@H](O)CC/C(=C/c2cccc(O)c2)c2ccccn2)[C@H](CO)[C@@H]2C(=O)N(C3CCCCC3)C(=O)[C@@H]2C1. The van der Waals surface area contributed by atoms with E-state index in [1.165, 1.54) is 4.90 Å². The van der Waals surface area contributed by atoms with Crippen LogP contribution in [-0.2, 0) is 9.59 Å². The number of pyridine rings is 1. The van der Waals surface area contributed by atoms with Crippen molar-refractivity contribution >= 4 is 23.5 Å². The van der Waals surface area contributed by atoms with Crippen LogP contribution >= 0.6 is 0 Å². The van der Waals surface area contributed by atoms with E-state index in [1.54, 1.807) is 24.4 Å². The van der Waals surface area contributed by atoms with Crippen molar-refractivity contribution in [2.24, 2.45) is 17.8 Å². The molecule has 0 unspecified atom stereocenters. The van der Waals surface area contributed by atoms with Crippen molar-refractivity contribution in [3.8, 4) is 5.75 Å². The average Bonchev–Trinajstić information content (AvgIpc) is 3.19. The van der Waals surface area contributed by atoms with Crippen molar-refractivity contribution in [2.75, 3.05) is 6.61 Å². The van der Waals surface area contributed by atoms with Crippen LogP contribution in [0.1, 0.15) is 69.5 Å². The van der Waals surface area contributed by atoms with Gasteiger partial charge >= 0.3 is 0 Å². The lowest BCUT2D eigenvalue weighted by Gasteiger charge is -2.35. The predicted molar refractivity (Wildman–Crippen MR) is 149 cm³/mol. The van der Waals surface area contributed by atoms with Crippen LogP contribution in [0.4, 0.5) is 0 Å². The number of aromatic hydroxyl groups is 1. The maximum Gasteiger partial charge on any atom is 0.234 e. The largest absolute Gasteiger partial charge is 0.508 e. The van der Waals surface area contributed by atoms with Gasteiger partial charge in [0.25, 0.3) is 0 Å². The lowest BCUT2D eigenvalue weighted by Crippen LogP contribution is -2.42. The number of fused-ring (bicyclic) bond motifs is 1. The number of aliphatic hydroxyl groups excluding tert-OH is 2. The second-order valence-electron chi connectivity index (χ2n) is 11.2. The fourth-order valence-corrected chi connectivity index (χ4v) is 6.93. The molecule has 0 spiro atoms. The molecule has 7 nitrogen and oxygen atoms in total. The lowest BCUT2D eigenvalue weighted by atomic mass is 9.68. The van der Waals surface area contributed by atoms with Crippen molar-refractivity contribution < 1.29 is 24.9 Å². The van der Waals surface area contributed by atoms with Gasteiger partial charge in [-0.2, -0.15) is 0 Å². The molecule has 39 heavy (non-hydrogen) atoms. The van der Waals surface area contributed by atoms with Crippen LogP contribution in [0.15, 0.2) is 59.8 Å². The molecule has 1 saturated heterocycles. The molecule has 1 aromatic heterocycles. The summed E-state index contributed by atoms with van der Waals surface area (Å²) in [4.78, 5) is 33.0.